The molecule has 13 heteroatoms. The molecule has 3 aromatic carbocycles. The smallest absolute Gasteiger partial charge is 0.290 e. The molecule has 12 nitrogen and oxygen atoms in total. The number of nitrogens with one attached hydrogen (secondary N) is 2. The fourth-order valence-electron chi connectivity index (χ4n) is 4.08. The van der Waals surface area contributed by atoms with Gasteiger partial charge in [0.25, 0.3) is 16.5 Å². The monoisotopic (exact) mass is 589 g/mol. The third kappa shape index (κ3) is 7.38. The maximum Gasteiger partial charge on any atom is 0.290 e. The molecule has 2 heterocycles. The van der Waals surface area contributed by atoms with Crippen molar-refractivity contribution in [2.24, 2.45) is 0 Å². The second kappa shape index (κ2) is 13.6. The van der Waals surface area contributed by atoms with E-state index in [0.29, 0.717) is 22.9 Å². The molecule has 0 aliphatic rings. The quantitative estimate of drug-likeness (QED) is 0.201. The maximum absolute atomic E-state index is 12.7. The van der Waals surface area contributed by atoms with Gasteiger partial charge in [-0.25, -0.2) is 18.4 Å². The van der Waals surface area contributed by atoms with Gasteiger partial charge in [-0.15, -0.1) is 0 Å². The van der Waals surface area contributed by atoms with Crippen LogP contribution in [0, 0.1) is 0 Å². The van der Waals surface area contributed by atoms with Gasteiger partial charge in [-0.2, -0.15) is 5.10 Å². The number of carboxylic acid groups (broad SMARTS) is 1. The minimum absolute atomic E-state index is 0.149. The zero-order valence-electron chi connectivity index (χ0n) is 23.3. The largest absolute Gasteiger partial charge is 0.497 e. The van der Waals surface area contributed by atoms with Crippen molar-refractivity contribution in [3.8, 4) is 17.1 Å². The molecular formula is C29H31N7O5S. The molecule has 0 unspecified atom stereocenters. The van der Waals surface area contributed by atoms with E-state index in [2.05, 4.69) is 31.0 Å². The van der Waals surface area contributed by atoms with Crippen molar-refractivity contribution in [2.75, 3.05) is 37.8 Å². The number of aromatic nitrogens is 4. The van der Waals surface area contributed by atoms with Crippen LogP contribution in [0.25, 0.3) is 22.3 Å². The number of anilines is 3. The van der Waals surface area contributed by atoms with Crippen molar-refractivity contribution in [2.45, 2.75) is 11.4 Å². The Labute approximate surface area is 243 Å². The van der Waals surface area contributed by atoms with Gasteiger partial charge in [-0.3, -0.25) is 14.2 Å². The van der Waals surface area contributed by atoms with Gasteiger partial charge in [0, 0.05) is 29.4 Å². The molecule has 0 aliphatic carbocycles. The molecule has 0 aliphatic heterocycles. The van der Waals surface area contributed by atoms with E-state index in [1.165, 1.54) is 25.6 Å². The molecule has 0 saturated carbocycles. The summed E-state index contributed by atoms with van der Waals surface area (Å²) in [5.41, 5.74) is 3.73. The van der Waals surface area contributed by atoms with Crippen molar-refractivity contribution >= 4 is 44.6 Å². The van der Waals surface area contributed by atoms with Crippen LogP contribution in [0.1, 0.15) is 0 Å². The van der Waals surface area contributed by atoms with Crippen molar-refractivity contribution in [1.29, 1.82) is 0 Å². The van der Waals surface area contributed by atoms with Gasteiger partial charge in [0.05, 0.1) is 29.8 Å². The predicted molar refractivity (Wildman–Crippen MR) is 162 cm³/mol. The second-order valence-corrected chi connectivity index (χ2v) is 11.0. The molecule has 3 N–H and O–H groups in total. The summed E-state index contributed by atoms with van der Waals surface area (Å²) < 4.78 is 35.1. The molecule has 0 bridgehead atoms. The number of sulfonamides is 1. The predicted octanol–water partition coefficient (Wildman–Crippen LogP) is 4.31. The van der Waals surface area contributed by atoms with Crippen molar-refractivity contribution in [3.05, 3.63) is 85.2 Å². The van der Waals surface area contributed by atoms with Gasteiger partial charge >= 0.3 is 0 Å². The van der Waals surface area contributed by atoms with Crippen LogP contribution in [-0.4, -0.2) is 72.4 Å². The summed E-state index contributed by atoms with van der Waals surface area (Å²) in [5, 5.41) is 16.0. The van der Waals surface area contributed by atoms with Crippen molar-refractivity contribution < 1.29 is 23.1 Å². The normalized spacial score (nSPS) is 11.0. The number of hydrogen-bond donors (Lipinski definition) is 3. The third-order valence-electron chi connectivity index (χ3n) is 6.11. The Hall–Kier alpha value is -5.01. The Balaban J connectivity index is 0.00000129. The van der Waals surface area contributed by atoms with Crippen molar-refractivity contribution in [1.82, 2.24) is 24.6 Å². The highest BCUT2D eigenvalue weighted by molar-refractivity contribution is 7.92. The minimum Gasteiger partial charge on any atom is -0.497 e. The van der Waals surface area contributed by atoms with E-state index in [1.54, 1.807) is 36.4 Å². The average Bonchev–Trinajstić information content (AvgIpc) is 3.36. The van der Waals surface area contributed by atoms with E-state index in [1.807, 2.05) is 43.0 Å². The molecule has 0 amide bonds. The van der Waals surface area contributed by atoms with Gasteiger partial charge in [0.15, 0.2) is 0 Å². The first-order valence-corrected chi connectivity index (χ1v) is 14.3. The molecule has 218 valence electrons. The zero-order valence-corrected chi connectivity index (χ0v) is 24.1. The Morgan fingerprint density at radius 1 is 0.976 bits per heavy atom. The molecule has 0 radical (unpaired) electrons. The number of hydrogen-bond acceptors (Lipinski definition) is 9. The van der Waals surface area contributed by atoms with Gasteiger partial charge in [0.2, 0.25) is 0 Å². The lowest BCUT2D eigenvalue weighted by Crippen LogP contribution is -2.18. The summed E-state index contributed by atoms with van der Waals surface area (Å²) in [7, 11) is 1.88. The van der Waals surface area contributed by atoms with E-state index in [0.717, 1.165) is 35.4 Å². The number of carbonyl (C=O) groups is 1. The van der Waals surface area contributed by atoms with Crippen LogP contribution in [0.2, 0.25) is 0 Å². The van der Waals surface area contributed by atoms with Gasteiger partial charge in [0.1, 0.15) is 23.6 Å². The zero-order chi connectivity index (χ0) is 30.1. The molecule has 2 aromatic heterocycles. The van der Waals surface area contributed by atoms with E-state index >= 15 is 0 Å². The second-order valence-electron chi connectivity index (χ2n) is 9.27. The van der Waals surface area contributed by atoms with Gasteiger partial charge in [-0.1, -0.05) is 18.2 Å². The first-order chi connectivity index (χ1) is 20.2. The van der Waals surface area contributed by atoms with E-state index in [4.69, 9.17) is 19.7 Å². The molecule has 42 heavy (non-hydrogen) atoms. The molecular weight excluding hydrogens is 558 g/mol. The van der Waals surface area contributed by atoms with E-state index in [9.17, 15) is 8.42 Å². The van der Waals surface area contributed by atoms with Crippen LogP contribution in [0.4, 0.5) is 17.2 Å². The number of para-hydroxylation sites is 1. The first-order valence-electron chi connectivity index (χ1n) is 12.8. The lowest BCUT2D eigenvalue weighted by molar-refractivity contribution is -0.122. The Morgan fingerprint density at radius 3 is 2.31 bits per heavy atom. The van der Waals surface area contributed by atoms with E-state index in [-0.39, 0.29) is 11.4 Å². The SMILES string of the molecule is COc1ccc(S(=O)(=O)Nc2ccc(Nc3cc(-c4nn(CCN(C)C)c5ccccc45)ncn3)cc2)cc1.O=CO. The van der Waals surface area contributed by atoms with Crippen LogP contribution >= 0.6 is 0 Å². The molecule has 0 saturated heterocycles. The summed E-state index contributed by atoms with van der Waals surface area (Å²) in [5.74, 6) is 1.18. The number of benzene rings is 3. The molecule has 0 spiro atoms. The number of likely N-dealkylation sites (N-methyl/N-ethyl adjacent to an activating group) is 1. The Bertz CT molecular complexity index is 1740. The number of rotatable bonds is 10. The molecule has 0 atom stereocenters. The maximum atomic E-state index is 12.7. The van der Waals surface area contributed by atoms with Crippen LogP contribution in [-0.2, 0) is 21.4 Å². The highest BCUT2D eigenvalue weighted by Crippen LogP contribution is 2.28. The Kier molecular flexibility index (Phi) is 9.68. The summed E-state index contributed by atoms with van der Waals surface area (Å²) in [6.45, 7) is 1.38. The minimum atomic E-state index is -3.73. The highest BCUT2D eigenvalue weighted by Gasteiger charge is 2.16. The number of methoxy groups -OCH3 is 1. The third-order valence-corrected chi connectivity index (χ3v) is 7.50. The van der Waals surface area contributed by atoms with Crippen LogP contribution in [0.3, 0.4) is 0 Å². The molecule has 0 fully saturated rings. The highest BCUT2D eigenvalue weighted by atomic mass is 32.2. The lowest BCUT2D eigenvalue weighted by atomic mass is 10.1. The first kappa shape index (κ1) is 30.0. The Morgan fingerprint density at radius 2 is 1.64 bits per heavy atom. The summed E-state index contributed by atoms with van der Waals surface area (Å²) in [6.07, 6.45) is 1.50. The van der Waals surface area contributed by atoms with Gasteiger partial charge < -0.3 is 20.1 Å². The lowest BCUT2D eigenvalue weighted by Gasteiger charge is -2.10. The number of ether oxygens (including phenoxy) is 1. The topological polar surface area (TPSA) is 152 Å². The van der Waals surface area contributed by atoms with Crippen molar-refractivity contribution in [3.63, 3.8) is 0 Å². The van der Waals surface area contributed by atoms with E-state index < -0.39 is 10.0 Å². The average molecular weight is 590 g/mol. The van der Waals surface area contributed by atoms with Crippen LogP contribution in [0.15, 0.2) is 90.1 Å². The number of nitrogens with zero attached hydrogens (tertiary/aromatic N) is 5. The standard InChI is InChI=1S/C28H29N7O3S.CH2O2/c1-34(2)16-17-35-26-7-5-4-6-24(26)28(32-35)25-18-27(30-19-29-25)31-20-8-10-21(11-9-20)33-39(36,37)23-14-12-22(38-3)13-15-23;2-1-3/h4-15,18-19,33H,16-17H2,1-3H3,(H,29,30,31);1H,(H,2,3). The van der Waals surface area contributed by atoms with Gasteiger partial charge in [-0.05, 0) is 68.7 Å². The summed E-state index contributed by atoms with van der Waals surface area (Å²) >= 11 is 0. The van der Waals surface area contributed by atoms with Crippen LogP contribution < -0.4 is 14.8 Å². The summed E-state index contributed by atoms with van der Waals surface area (Å²) in [4.78, 5) is 19.5. The molecule has 5 aromatic rings. The van der Waals surface area contributed by atoms with Crippen LogP contribution in [0.5, 0.6) is 5.75 Å². The molecule has 5 rings (SSSR count). The summed E-state index contributed by atoms with van der Waals surface area (Å²) in [6, 6.07) is 23.1. The fourth-order valence-corrected chi connectivity index (χ4v) is 5.13. The fraction of sp³-hybridized carbons (Fsp3) is 0.172. The number of fused-ring (bicyclic) bond motifs is 1.